The van der Waals surface area contributed by atoms with Gasteiger partial charge in [0.05, 0.1) is 5.02 Å². The minimum atomic E-state index is 0.184. The van der Waals surface area contributed by atoms with E-state index in [1.165, 1.54) is 5.56 Å². The van der Waals surface area contributed by atoms with E-state index in [0.29, 0.717) is 28.8 Å². The third-order valence-corrected chi connectivity index (χ3v) is 3.69. The van der Waals surface area contributed by atoms with Gasteiger partial charge in [-0.25, -0.2) is 0 Å². The highest BCUT2D eigenvalue weighted by Crippen LogP contribution is 2.39. The minimum absolute atomic E-state index is 0.184. The van der Waals surface area contributed by atoms with Gasteiger partial charge >= 0.3 is 0 Å². The van der Waals surface area contributed by atoms with Crippen molar-refractivity contribution in [3.05, 3.63) is 58.6 Å². The van der Waals surface area contributed by atoms with Gasteiger partial charge in [0.2, 0.25) is 6.79 Å². The number of hydrogen-bond donors (Lipinski definition) is 1. The molecule has 2 N–H and O–H groups in total. The molecule has 0 aliphatic carbocycles. The van der Waals surface area contributed by atoms with Crippen LogP contribution in [0.5, 0.6) is 11.5 Å². The molecule has 120 valence electrons. The second kappa shape index (κ2) is 7.24. The van der Waals surface area contributed by atoms with E-state index in [4.69, 9.17) is 31.6 Å². The molecule has 0 bridgehead atoms. The SMILES string of the molecule is NC(CCc1ccccc1)=NOCc1cc(Cl)c2c(c1)OCO2. The van der Waals surface area contributed by atoms with E-state index in [9.17, 15) is 0 Å². The number of amidine groups is 1. The predicted molar refractivity (Wildman–Crippen MR) is 88.7 cm³/mol. The molecule has 23 heavy (non-hydrogen) atoms. The van der Waals surface area contributed by atoms with E-state index in [2.05, 4.69) is 17.3 Å². The van der Waals surface area contributed by atoms with Crippen molar-refractivity contribution in [1.82, 2.24) is 0 Å². The molecule has 0 fully saturated rings. The number of oxime groups is 1. The van der Waals surface area contributed by atoms with Gasteiger partial charge in [-0.2, -0.15) is 0 Å². The molecule has 0 spiro atoms. The summed E-state index contributed by atoms with van der Waals surface area (Å²) in [5.41, 5.74) is 7.92. The molecule has 0 unspecified atom stereocenters. The van der Waals surface area contributed by atoms with Crippen LogP contribution in [0.1, 0.15) is 17.5 Å². The molecule has 6 heteroatoms. The third kappa shape index (κ3) is 4.07. The van der Waals surface area contributed by atoms with Gasteiger partial charge in [-0.15, -0.1) is 0 Å². The van der Waals surface area contributed by atoms with Crippen molar-refractivity contribution in [1.29, 1.82) is 0 Å². The summed E-state index contributed by atoms with van der Waals surface area (Å²) in [6, 6.07) is 13.7. The molecule has 2 aromatic carbocycles. The highest BCUT2D eigenvalue weighted by molar-refractivity contribution is 6.32. The van der Waals surface area contributed by atoms with Crippen LogP contribution in [0.15, 0.2) is 47.6 Å². The first-order valence-corrected chi connectivity index (χ1v) is 7.66. The Morgan fingerprint density at radius 3 is 2.83 bits per heavy atom. The van der Waals surface area contributed by atoms with E-state index >= 15 is 0 Å². The summed E-state index contributed by atoms with van der Waals surface area (Å²) in [6.45, 7) is 0.451. The molecule has 1 aliphatic rings. The number of aryl methyl sites for hydroxylation is 1. The van der Waals surface area contributed by atoms with Crippen LogP contribution in [0, 0.1) is 0 Å². The zero-order valence-corrected chi connectivity index (χ0v) is 13.3. The minimum Gasteiger partial charge on any atom is -0.454 e. The van der Waals surface area contributed by atoms with Gasteiger partial charge in [0.1, 0.15) is 12.4 Å². The van der Waals surface area contributed by atoms with Crippen molar-refractivity contribution in [2.75, 3.05) is 6.79 Å². The summed E-state index contributed by atoms with van der Waals surface area (Å²) in [7, 11) is 0. The topological polar surface area (TPSA) is 66.1 Å². The van der Waals surface area contributed by atoms with Gasteiger partial charge in [-0.3, -0.25) is 0 Å². The standard InChI is InChI=1S/C17H17ClN2O3/c18-14-8-13(9-15-17(14)22-11-21-15)10-23-20-16(19)7-6-12-4-2-1-3-5-12/h1-5,8-9H,6-7,10-11H2,(H2,19,20). The van der Waals surface area contributed by atoms with E-state index in [1.54, 1.807) is 6.07 Å². The summed E-state index contributed by atoms with van der Waals surface area (Å²) in [5.74, 6) is 1.65. The zero-order valence-electron chi connectivity index (χ0n) is 12.5. The van der Waals surface area contributed by atoms with Gasteiger partial charge in [-0.05, 0) is 29.7 Å². The highest BCUT2D eigenvalue weighted by Gasteiger charge is 2.18. The van der Waals surface area contributed by atoms with E-state index < -0.39 is 0 Å². The van der Waals surface area contributed by atoms with Crippen molar-refractivity contribution in [3.8, 4) is 11.5 Å². The monoisotopic (exact) mass is 332 g/mol. The van der Waals surface area contributed by atoms with Crippen molar-refractivity contribution in [2.24, 2.45) is 10.9 Å². The molecular formula is C17H17ClN2O3. The average molecular weight is 333 g/mol. The lowest BCUT2D eigenvalue weighted by atomic mass is 10.1. The number of halogens is 1. The fourth-order valence-electron chi connectivity index (χ4n) is 2.26. The number of nitrogens with two attached hydrogens (primary N) is 1. The summed E-state index contributed by atoms with van der Waals surface area (Å²) in [5, 5.41) is 4.44. The molecule has 0 saturated carbocycles. The lowest BCUT2D eigenvalue weighted by Gasteiger charge is -2.05. The number of hydrogen-bond acceptors (Lipinski definition) is 4. The number of rotatable bonds is 6. The summed E-state index contributed by atoms with van der Waals surface area (Å²) < 4.78 is 10.6. The Morgan fingerprint density at radius 2 is 2.00 bits per heavy atom. The number of ether oxygens (including phenoxy) is 2. The van der Waals surface area contributed by atoms with Crippen LogP contribution in [-0.2, 0) is 17.9 Å². The Morgan fingerprint density at radius 1 is 1.17 bits per heavy atom. The van der Waals surface area contributed by atoms with Crippen LogP contribution in [0.2, 0.25) is 5.02 Å². The van der Waals surface area contributed by atoms with Gasteiger partial charge in [0, 0.05) is 6.42 Å². The molecule has 0 radical (unpaired) electrons. The van der Waals surface area contributed by atoms with Gasteiger partial charge in [0.15, 0.2) is 11.5 Å². The molecular weight excluding hydrogens is 316 g/mol. The van der Waals surface area contributed by atoms with Crippen molar-refractivity contribution < 1.29 is 14.3 Å². The average Bonchev–Trinajstić information content (AvgIpc) is 3.03. The van der Waals surface area contributed by atoms with Crippen molar-refractivity contribution >= 4 is 17.4 Å². The molecule has 1 aliphatic heterocycles. The highest BCUT2D eigenvalue weighted by atomic mass is 35.5. The smallest absolute Gasteiger partial charge is 0.231 e. The second-order valence-electron chi connectivity index (χ2n) is 5.15. The quantitative estimate of drug-likeness (QED) is 0.499. The van der Waals surface area contributed by atoms with E-state index in [0.717, 1.165) is 12.0 Å². The second-order valence-corrected chi connectivity index (χ2v) is 5.56. The largest absolute Gasteiger partial charge is 0.454 e. The molecule has 1 heterocycles. The van der Waals surface area contributed by atoms with Crippen LogP contribution >= 0.6 is 11.6 Å². The Bertz CT molecular complexity index is 704. The van der Waals surface area contributed by atoms with Crippen LogP contribution in [0.3, 0.4) is 0 Å². The van der Waals surface area contributed by atoms with E-state index in [1.807, 2.05) is 24.3 Å². The molecule has 5 nitrogen and oxygen atoms in total. The number of fused-ring (bicyclic) bond motifs is 1. The molecule has 0 amide bonds. The first-order valence-electron chi connectivity index (χ1n) is 7.28. The lowest BCUT2D eigenvalue weighted by molar-refractivity contribution is 0.129. The van der Waals surface area contributed by atoms with Gasteiger partial charge in [0.25, 0.3) is 0 Å². The summed E-state index contributed by atoms with van der Waals surface area (Å²) >= 11 is 6.11. The maximum atomic E-state index is 6.11. The van der Waals surface area contributed by atoms with E-state index in [-0.39, 0.29) is 13.4 Å². The maximum absolute atomic E-state index is 6.11. The fourth-order valence-corrected chi connectivity index (χ4v) is 2.54. The molecule has 0 saturated heterocycles. The maximum Gasteiger partial charge on any atom is 0.231 e. The number of nitrogens with zero attached hydrogens (tertiary/aromatic N) is 1. The van der Waals surface area contributed by atoms with Crippen molar-refractivity contribution in [3.63, 3.8) is 0 Å². The predicted octanol–water partition coefficient (Wildman–Crippen LogP) is 3.49. The fraction of sp³-hybridized carbons (Fsp3) is 0.235. The van der Waals surface area contributed by atoms with Crippen molar-refractivity contribution in [2.45, 2.75) is 19.4 Å². The Balaban J connectivity index is 1.51. The van der Waals surface area contributed by atoms with Gasteiger partial charge < -0.3 is 20.0 Å². The zero-order chi connectivity index (χ0) is 16.1. The molecule has 0 aromatic heterocycles. The van der Waals surface area contributed by atoms with Crippen LogP contribution in [-0.4, -0.2) is 12.6 Å². The van der Waals surface area contributed by atoms with Gasteiger partial charge in [-0.1, -0.05) is 47.1 Å². The van der Waals surface area contributed by atoms with Crippen LogP contribution < -0.4 is 15.2 Å². The Labute approximate surface area is 139 Å². The van der Waals surface area contributed by atoms with Crippen LogP contribution in [0.25, 0.3) is 0 Å². The first-order chi connectivity index (χ1) is 11.2. The first kappa shape index (κ1) is 15.5. The normalized spacial score (nSPS) is 13.2. The Kier molecular flexibility index (Phi) is 4.88. The summed E-state index contributed by atoms with van der Waals surface area (Å²) in [6.07, 6.45) is 1.47. The number of benzene rings is 2. The molecule has 0 atom stereocenters. The molecule has 2 aromatic rings. The third-order valence-electron chi connectivity index (χ3n) is 3.41. The Hall–Kier alpha value is -2.40. The van der Waals surface area contributed by atoms with Crippen LogP contribution in [0.4, 0.5) is 0 Å². The summed E-state index contributed by atoms with van der Waals surface area (Å²) in [4.78, 5) is 5.29. The lowest BCUT2D eigenvalue weighted by Crippen LogP contribution is -2.13. The molecule has 3 rings (SSSR count).